The highest BCUT2D eigenvalue weighted by molar-refractivity contribution is 5.31. The molecule has 4 nitrogen and oxygen atoms in total. The van der Waals surface area contributed by atoms with E-state index in [1.165, 1.54) is 6.42 Å². The van der Waals surface area contributed by atoms with Crippen molar-refractivity contribution >= 4 is 0 Å². The van der Waals surface area contributed by atoms with Crippen molar-refractivity contribution in [3.63, 3.8) is 0 Å². The Bertz CT molecular complexity index is 372. The summed E-state index contributed by atoms with van der Waals surface area (Å²) in [5, 5.41) is 6.92. The maximum Gasteiger partial charge on any atom is 0.119 e. The van der Waals surface area contributed by atoms with Gasteiger partial charge in [0.25, 0.3) is 0 Å². The van der Waals surface area contributed by atoms with Crippen LogP contribution < -0.4 is 20.1 Å². The minimum Gasteiger partial charge on any atom is -0.494 e. The maximum atomic E-state index is 5.71. The number of nitrogens with one attached hydrogen (secondary N) is 2. The van der Waals surface area contributed by atoms with Crippen LogP contribution in [0.25, 0.3) is 0 Å². The fourth-order valence-electron chi connectivity index (χ4n) is 2.29. The van der Waals surface area contributed by atoms with E-state index in [0.29, 0.717) is 13.2 Å². The largest absolute Gasteiger partial charge is 0.494 e. The second-order valence-corrected chi connectivity index (χ2v) is 5.17. The van der Waals surface area contributed by atoms with E-state index in [2.05, 4.69) is 17.6 Å². The van der Waals surface area contributed by atoms with Gasteiger partial charge in [-0.3, -0.25) is 0 Å². The molecule has 1 unspecified atom stereocenters. The molecule has 19 heavy (non-hydrogen) atoms. The summed E-state index contributed by atoms with van der Waals surface area (Å²) in [4.78, 5) is 0. The van der Waals surface area contributed by atoms with Crippen molar-refractivity contribution in [1.29, 1.82) is 0 Å². The first kappa shape index (κ1) is 14.2. The van der Waals surface area contributed by atoms with Crippen LogP contribution in [0.15, 0.2) is 24.3 Å². The van der Waals surface area contributed by atoms with Gasteiger partial charge < -0.3 is 20.1 Å². The number of hydrogen-bond donors (Lipinski definition) is 2. The van der Waals surface area contributed by atoms with Crippen LogP contribution in [0, 0.1) is 0 Å². The minimum atomic E-state index is 0.224. The topological polar surface area (TPSA) is 42.5 Å². The molecule has 106 valence electrons. The molecular formula is C15H24N2O2. The molecule has 1 saturated heterocycles. The Morgan fingerprint density at radius 1 is 1.21 bits per heavy atom. The molecule has 2 rings (SSSR count). The van der Waals surface area contributed by atoms with Gasteiger partial charge >= 0.3 is 0 Å². The standard InChI is InChI=1S/C15H24N2O2/c1-3-18-13-4-6-14(7-5-13)19-11-10-17-15(2)8-9-16-12-15/h4-7,16-17H,3,8-12H2,1-2H3. The van der Waals surface area contributed by atoms with Crippen molar-refractivity contribution in [3.8, 4) is 11.5 Å². The molecule has 4 heteroatoms. The summed E-state index contributed by atoms with van der Waals surface area (Å²) in [7, 11) is 0. The highest BCUT2D eigenvalue weighted by Gasteiger charge is 2.27. The molecule has 0 bridgehead atoms. The Balaban J connectivity index is 1.67. The van der Waals surface area contributed by atoms with Crippen LogP contribution in [0.5, 0.6) is 11.5 Å². The van der Waals surface area contributed by atoms with Gasteiger partial charge in [-0.25, -0.2) is 0 Å². The fraction of sp³-hybridized carbons (Fsp3) is 0.600. The van der Waals surface area contributed by atoms with Crippen molar-refractivity contribution in [2.45, 2.75) is 25.8 Å². The van der Waals surface area contributed by atoms with Crippen LogP contribution in [-0.4, -0.2) is 38.4 Å². The first-order chi connectivity index (χ1) is 9.22. The lowest BCUT2D eigenvalue weighted by molar-refractivity contribution is 0.282. The molecule has 0 saturated carbocycles. The highest BCUT2D eigenvalue weighted by Crippen LogP contribution is 2.17. The Morgan fingerprint density at radius 3 is 2.47 bits per heavy atom. The predicted molar refractivity (Wildman–Crippen MR) is 77.0 cm³/mol. The molecule has 1 aromatic carbocycles. The van der Waals surface area contributed by atoms with Gasteiger partial charge in [-0.1, -0.05) is 0 Å². The molecule has 1 aliphatic rings. The molecule has 0 amide bonds. The number of benzene rings is 1. The summed E-state index contributed by atoms with van der Waals surface area (Å²) in [5.74, 6) is 1.78. The second kappa shape index (κ2) is 6.78. The van der Waals surface area contributed by atoms with Crippen molar-refractivity contribution in [1.82, 2.24) is 10.6 Å². The predicted octanol–water partition coefficient (Wildman–Crippen LogP) is 1.81. The quantitative estimate of drug-likeness (QED) is 0.737. The lowest BCUT2D eigenvalue weighted by atomic mass is 10.0. The van der Waals surface area contributed by atoms with Crippen LogP contribution in [0.2, 0.25) is 0 Å². The molecular weight excluding hydrogens is 240 g/mol. The lowest BCUT2D eigenvalue weighted by Crippen LogP contribution is -2.45. The van der Waals surface area contributed by atoms with Crippen molar-refractivity contribution in [2.24, 2.45) is 0 Å². The number of rotatable bonds is 7. The zero-order valence-corrected chi connectivity index (χ0v) is 11.9. The normalized spacial score (nSPS) is 22.4. The first-order valence-electron chi connectivity index (χ1n) is 7.03. The smallest absolute Gasteiger partial charge is 0.119 e. The number of hydrogen-bond acceptors (Lipinski definition) is 4. The van der Waals surface area contributed by atoms with E-state index in [4.69, 9.17) is 9.47 Å². The van der Waals surface area contributed by atoms with Gasteiger partial charge in [-0.2, -0.15) is 0 Å². The van der Waals surface area contributed by atoms with Gasteiger partial charge in [0, 0.05) is 18.6 Å². The van der Waals surface area contributed by atoms with Gasteiger partial charge in [0.1, 0.15) is 18.1 Å². The minimum absolute atomic E-state index is 0.224. The fourth-order valence-corrected chi connectivity index (χ4v) is 2.29. The van der Waals surface area contributed by atoms with E-state index < -0.39 is 0 Å². The third-order valence-electron chi connectivity index (χ3n) is 3.43. The summed E-state index contributed by atoms with van der Waals surface area (Å²) in [6.07, 6.45) is 1.18. The molecule has 0 radical (unpaired) electrons. The zero-order valence-electron chi connectivity index (χ0n) is 11.9. The SMILES string of the molecule is CCOc1ccc(OCCNC2(C)CCNC2)cc1. The molecule has 1 atom stereocenters. The summed E-state index contributed by atoms with van der Waals surface area (Å²) in [6, 6.07) is 7.77. The average Bonchev–Trinajstić information content (AvgIpc) is 2.84. The average molecular weight is 264 g/mol. The lowest BCUT2D eigenvalue weighted by Gasteiger charge is -2.24. The second-order valence-electron chi connectivity index (χ2n) is 5.17. The zero-order chi connectivity index (χ0) is 13.6. The van der Waals surface area contributed by atoms with Crippen molar-refractivity contribution < 1.29 is 9.47 Å². The molecule has 0 aromatic heterocycles. The van der Waals surface area contributed by atoms with Crippen LogP contribution in [0.3, 0.4) is 0 Å². The molecule has 0 aliphatic carbocycles. The summed E-state index contributed by atoms with van der Waals surface area (Å²) in [6.45, 7) is 8.61. The Kier molecular flexibility index (Phi) is 5.05. The van der Waals surface area contributed by atoms with Crippen molar-refractivity contribution in [3.05, 3.63) is 24.3 Å². The van der Waals surface area contributed by atoms with Gasteiger partial charge in [0.15, 0.2) is 0 Å². The summed E-state index contributed by atoms with van der Waals surface area (Å²) in [5.41, 5.74) is 0.224. The number of ether oxygens (including phenoxy) is 2. The van der Waals surface area contributed by atoms with E-state index in [1.807, 2.05) is 31.2 Å². The summed E-state index contributed by atoms with van der Waals surface area (Å²) >= 11 is 0. The highest BCUT2D eigenvalue weighted by atomic mass is 16.5. The summed E-state index contributed by atoms with van der Waals surface area (Å²) < 4.78 is 11.1. The van der Waals surface area contributed by atoms with E-state index in [9.17, 15) is 0 Å². The Labute approximate surface area is 115 Å². The van der Waals surface area contributed by atoms with Crippen LogP contribution in [-0.2, 0) is 0 Å². The third-order valence-corrected chi connectivity index (χ3v) is 3.43. The Hall–Kier alpha value is -1.26. The first-order valence-corrected chi connectivity index (χ1v) is 7.03. The molecule has 2 N–H and O–H groups in total. The molecule has 1 aliphatic heterocycles. The van der Waals surface area contributed by atoms with Crippen molar-refractivity contribution in [2.75, 3.05) is 32.8 Å². The molecule has 1 heterocycles. The van der Waals surface area contributed by atoms with Gasteiger partial charge in [-0.15, -0.1) is 0 Å². The van der Waals surface area contributed by atoms with Gasteiger partial charge in [-0.05, 0) is 51.1 Å². The van der Waals surface area contributed by atoms with Gasteiger partial charge in [0.2, 0.25) is 0 Å². The Morgan fingerprint density at radius 2 is 1.89 bits per heavy atom. The van der Waals surface area contributed by atoms with E-state index in [-0.39, 0.29) is 5.54 Å². The molecule has 1 aromatic rings. The van der Waals surface area contributed by atoms with Crippen LogP contribution in [0.4, 0.5) is 0 Å². The maximum absolute atomic E-state index is 5.71. The van der Waals surface area contributed by atoms with Crippen LogP contribution >= 0.6 is 0 Å². The third kappa shape index (κ3) is 4.40. The van der Waals surface area contributed by atoms with Gasteiger partial charge in [0.05, 0.1) is 6.61 Å². The molecule has 1 fully saturated rings. The van der Waals surface area contributed by atoms with E-state index in [1.54, 1.807) is 0 Å². The van der Waals surface area contributed by atoms with E-state index in [0.717, 1.165) is 31.1 Å². The van der Waals surface area contributed by atoms with E-state index >= 15 is 0 Å². The molecule has 0 spiro atoms. The van der Waals surface area contributed by atoms with Crippen LogP contribution in [0.1, 0.15) is 20.3 Å². The monoisotopic (exact) mass is 264 g/mol.